The van der Waals surface area contributed by atoms with Crippen molar-refractivity contribution in [1.82, 2.24) is 19.0 Å². The summed E-state index contributed by atoms with van der Waals surface area (Å²) in [5.74, 6) is -0.250. The zero-order valence-corrected chi connectivity index (χ0v) is 13.7. The molecule has 0 bridgehead atoms. The summed E-state index contributed by atoms with van der Waals surface area (Å²) in [7, 11) is -1.79. The van der Waals surface area contributed by atoms with Gasteiger partial charge in [-0.05, 0) is 17.7 Å². The molecule has 8 heteroatoms. The molecule has 0 aliphatic carbocycles. The fraction of sp³-hybridized carbons (Fsp3) is 0.400. The Morgan fingerprint density at radius 1 is 1.22 bits per heavy atom. The van der Waals surface area contributed by atoms with Gasteiger partial charge in [0.2, 0.25) is 10.0 Å². The first-order valence-corrected chi connectivity index (χ1v) is 8.85. The van der Waals surface area contributed by atoms with Crippen LogP contribution in [0.5, 0.6) is 0 Å². The Hall–Kier alpha value is -1.77. The van der Waals surface area contributed by atoms with E-state index in [2.05, 4.69) is 10.00 Å². The van der Waals surface area contributed by atoms with Crippen LogP contribution in [0.2, 0.25) is 0 Å². The van der Waals surface area contributed by atoms with E-state index in [9.17, 15) is 12.8 Å². The van der Waals surface area contributed by atoms with Gasteiger partial charge in [0.05, 0.1) is 6.20 Å². The van der Waals surface area contributed by atoms with E-state index >= 15 is 0 Å². The molecule has 6 nitrogen and oxygen atoms in total. The molecule has 0 N–H and O–H groups in total. The summed E-state index contributed by atoms with van der Waals surface area (Å²) in [6.45, 7) is 2.71. The maximum absolute atomic E-state index is 13.2. The van der Waals surface area contributed by atoms with E-state index in [0.717, 1.165) is 5.56 Å². The SMILES string of the molecule is Cn1cc(S(=O)(=O)N2CCN(Cc3cccc(F)c3)CC2)cn1. The third-order valence-electron chi connectivity index (χ3n) is 3.95. The number of sulfonamides is 1. The molecule has 1 fully saturated rings. The molecular formula is C15H19FN4O2S. The fourth-order valence-electron chi connectivity index (χ4n) is 2.70. The molecule has 23 heavy (non-hydrogen) atoms. The largest absolute Gasteiger partial charge is 0.296 e. The zero-order valence-electron chi connectivity index (χ0n) is 12.9. The molecule has 1 aromatic carbocycles. The number of piperazine rings is 1. The molecule has 1 aromatic heterocycles. The Morgan fingerprint density at radius 2 is 1.96 bits per heavy atom. The normalized spacial score (nSPS) is 17.5. The van der Waals surface area contributed by atoms with E-state index in [1.54, 1.807) is 13.1 Å². The highest BCUT2D eigenvalue weighted by molar-refractivity contribution is 7.89. The Kier molecular flexibility index (Phi) is 4.47. The average molecular weight is 338 g/mol. The number of halogens is 1. The van der Waals surface area contributed by atoms with Gasteiger partial charge in [-0.25, -0.2) is 12.8 Å². The molecule has 1 saturated heterocycles. The van der Waals surface area contributed by atoms with E-state index in [4.69, 9.17) is 0 Å². The van der Waals surface area contributed by atoms with Crippen LogP contribution in [-0.4, -0.2) is 53.6 Å². The smallest absolute Gasteiger partial charge is 0.246 e. The summed E-state index contributed by atoms with van der Waals surface area (Å²) in [6, 6.07) is 6.50. The van der Waals surface area contributed by atoms with Crippen LogP contribution < -0.4 is 0 Å². The lowest BCUT2D eigenvalue weighted by atomic mass is 10.2. The molecule has 1 aliphatic rings. The minimum atomic E-state index is -3.48. The van der Waals surface area contributed by atoms with Crippen molar-refractivity contribution in [2.45, 2.75) is 11.4 Å². The Bertz CT molecular complexity index is 782. The van der Waals surface area contributed by atoms with Crippen molar-refractivity contribution >= 4 is 10.0 Å². The number of hydrogen-bond acceptors (Lipinski definition) is 4. The van der Waals surface area contributed by atoms with Gasteiger partial charge in [0.15, 0.2) is 0 Å². The van der Waals surface area contributed by atoms with Gasteiger partial charge in [0.1, 0.15) is 10.7 Å². The third-order valence-corrected chi connectivity index (χ3v) is 5.80. The highest BCUT2D eigenvalue weighted by Crippen LogP contribution is 2.18. The van der Waals surface area contributed by atoms with Crippen molar-refractivity contribution in [2.75, 3.05) is 26.2 Å². The molecule has 0 radical (unpaired) electrons. The van der Waals surface area contributed by atoms with E-state index < -0.39 is 10.0 Å². The Morgan fingerprint density at radius 3 is 2.57 bits per heavy atom. The monoisotopic (exact) mass is 338 g/mol. The zero-order chi connectivity index (χ0) is 16.4. The number of nitrogens with zero attached hydrogens (tertiary/aromatic N) is 4. The highest BCUT2D eigenvalue weighted by Gasteiger charge is 2.29. The van der Waals surface area contributed by atoms with E-state index in [0.29, 0.717) is 32.7 Å². The number of aryl methyl sites for hydroxylation is 1. The average Bonchev–Trinajstić information content (AvgIpc) is 2.95. The van der Waals surface area contributed by atoms with Crippen LogP contribution in [0.25, 0.3) is 0 Å². The lowest BCUT2D eigenvalue weighted by molar-refractivity contribution is 0.181. The predicted octanol–water partition coefficient (Wildman–Crippen LogP) is 1.07. The van der Waals surface area contributed by atoms with Gasteiger partial charge in [0, 0.05) is 46.0 Å². The van der Waals surface area contributed by atoms with Crippen molar-refractivity contribution in [3.8, 4) is 0 Å². The fourth-order valence-corrected chi connectivity index (χ4v) is 4.11. The lowest BCUT2D eigenvalue weighted by Gasteiger charge is -2.33. The van der Waals surface area contributed by atoms with Crippen LogP contribution in [0.4, 0.5) is 4.39 Å². The van der Waals surface area contributed by atoms with Crippen molar-refractivity contribution in [3.05, 3.63) is 48.0 Å². The molecule has 0 atom stereocenters. The van der Waals surface area contributed by atoms with Gasteiger partial charge >= 0.3 is 0 Å². The molecule has 2 heterocycles. The summed E-state index contributed by atoms with van der Waals surface area (Å²) in [5.41, 5.74) is 0.897. The number of benzene rings is 1. The maximum atomic E-state index is 13.2. The van der Waals surface area contributed by atoms with Crippen molar-refractivity contribution in [1.29, 1.82) is 0 Å². The van der Waals surface area contributed by atoms with E-state index in [1.807, 2.05) is 6.07 Å². The van der Waals surface area contributed by atoms with Gasteiger partial charge in [-0.15, -0.1) is 0 Å². The van der Waals surface area contributed by atoms with Crippen LogP contribution in [-0.2, 0) is 23.6 Å². The van der Waals surface area contributed by atoms with Crippen LogP contribution in [0.15, 0.2) is 41.6 Å². The first-order valence-electron chi connectivity index (χ1n) is 7.41. The molecule has 0 amide bonds. The topological polar surface area (TPSA) is 58.4 Å². The first-order chi connectivity index (χ1) is 10.9. The molecule has 0 saturated carbocycles. The second-order valence-electron chi connectivity index (χ2n) is 5.66. The van der Waals surface area contributed by atoms with Gasteiger partial charge in [-0.2, -0.15) is 9.40 Å². The molecule has 124 valence electrons. The van der Waals surface area contributed by atoms with Gasteiger partial charge < -0.3 is 0 Å². The van der Waals surface area contributed by atoms with E-state index in [-0.39, 0.29) is 10.7 Å². The summed E-state index contributed by atoms with van der Waals surface area (Å²) in [4.78, 5) is 2.35. The molecular weight excluding hydrogens is 319 g/mol. The second kappa shape index (κ2) is 6.38. The Balaban J connectivity index is 1.62. The maximum Gasteiger partial charge on any atom is 0.246 e. The Labute approximate surface area is 135 Å². The summed E-state index contributed by atoms with van der Waals surface area (Å²) < 4.78 is 41.2. The first kappa shape index (κ1) is 16.1. The minimum absolute atomic E-state index is 0.221. The minimum Gasteiger partial charge on any atom is -0.296 e. The quantitative estimate of drug-likeness (QED) is 0.837. The number of rotatable bonds is 4. The summed E-state index contributed by atoms with van der Waals surface area (Å²) in [6.07, 6.45) is 2.88. The standard InChI is InChI=1S/C15H19FN4O2S/c1-18-12-15(10-17-18)23(21,22)20-7-5-19(6-8-20)11-13-3-2-4-14(16)9-13/h2-4,9-10,12H,5-8,11H2,1H3. The lowest BCUT2D eigenvalue weighted by Crippen LogP contribution is -2.48. The molecule has 2 aromatic rings. The summed E-state index contributed by atoms with van der Waals surface area (Å²) >= 11 is 0. The second-order valence-corrected chi connectivity index (χ2v) is 7.60. The van der Waals surface area contributed by atoms with Crippen LogP contribution in [0.1, 0.15) is 5.56 Å². The molecule has 1 aliphatic heterocycles. The molecule has 0 spiro atoms. The third kappa shape index (κ3) is 3.60. The summed E-state index contributed by atoms with van der Waals surface area (Å²) in [5, 5.41) is 3.92. The van der Waals surface area contributed by atoms with Crippen molar-refractivity contribution in [3.63, 3.8) is 0 Å². The highest BCUT2D eigenvalue weighted by atomic mass is 32.2. The van der Waals surface area contributed by atoms with Gasteiger partial charge in [-0.1, -0.05) is 12.1 Å². The van der Waals surface area contributed by atoms with E-state index in [1.165, 1.54) is 33.5 Å². The van der Waals surface area contributed by atoms with Crippen molar-refractivity contribution in [2.24, 2.45) is 7.05 Å². The predicted molar refractivity (Wildman–Crippen MR) is 83.6 cm³/mol. The van der Waals surface area contributed by atoms with Gasteiger partial charge in [-0.3, -0.25) is 9.58 Å². The van der Waals surface area contributed by atoms with Crippen molar-refractivity contribution < 1.29 is 12.8 Å². The number of aromatic nitrogens is 2. The van der Waals surface area contributed by atoms with Crippen LogP contribution in [0.3, 0.4) is 0 Å². The van der Waals surface area contributed by atoms with Crippen LogP contribution >= 0.6 is 0 Å². The number of hydrogen-bond donors (Lipinski definition) is 0. The molecule has 0 unspecified atom stereocenters. The molecule has 3 rings (SSSR count). The van der Waals surface area contributed by atoms with Gasteiger partial charge in [0.25, 0.3) is 0 Å². The van der Waals surface area contributed by atoms with Crippen LogP contribution in [0, 0.1) is 5.82 Å².